The van der Waals surface area contributed by atoms with Crippen molar-refractivity contribution in [1.29, 1.82) is 0 Å². The number of unbranched alkanes of at least 4 members (excludes halogenated alkanes) is 2. The first-order valence-corrected chi connectivity index (χ1v) is 27.6. The maximum atomic E-state index is 12.9. The number of phosphoric acid groups is 3. The standard InChI is InChI=1S/C39H50N9O20P3S/c1-3-46(4-2)27-12-9-24-18-25(38(51)65-29(24)19-27)10-11-26-13-14-28(72(60,61)62)20-47(26)17-7-5-6-8-31(49)41-15-16-42-39(52)66-34-30(21-63-70(56,57)68-71(58,59)67-69(53,54)55)64-37(33(34)50)48-23-45-32-35(40)43-22-44-36(32)48/h9-14,18-20,22-23,30,33-34,37,50H,3-8,15-17,21H2,1-2H3,(H8-,40,41,42,43,44,49,52,53,54,55,56,57,58,59,60,61,62)/p+1/t30-,33-,34-,37-/m1/s1. The molecule has 392 valence electrons. The fraction of sp³-hybridized carbons (Fsp3) is 0.410. The van der Waals surface area contributed by atoms with Crippen LogP contribution in [-0.4, -0.2) is 120 Å². The Bertz CT molecular complexity index is 3130. The summed E-state index contributed by atoms with van der Waals surface area (Å²) in [6.45, 7) is 4.44. The summed E-state index contributed by atoms with van der Waals surface area (Å²) in [5, 5.41) is 16.9. The number of anilines is 2. The van der Waals surface area contributed by atoms with E-state index in [1.165, 1.54) is 22.9 Å². The molecule has 0 saturated carbocycles. The number of nitrogens with zero attached hydrogens (tertiary/aromatic N) is 6. The molecule has 1 aromatic carbocycles. The highest BCUT2D eigenvalue weighted by Gasteiger charge is 2.50. The van der Waals surface area contributed by atoms with Crippen LogP contribution in [0.15, 0.2) is 69.4 Å². The molecule has 5 heterocycles. The smallest absolute Gasteiger partial charge is 0.440 e. The SMILES string of the molecule is CCN(CC)c1ccc2cc(/C=C/c3ccc(S(=O)(=O)O)c[n+]3CCCCCC(=O)NCCNC(=O)O[C@H]3[C@@H](O)[C@H](n4cnc5c(N)ncnc54)O[C@@H]3COP(=O)(O)OP(=O)(O)OP(=O)(O)O)c(=O)oc2c1. The van der Waals surface area contributed by atoms with Gasteiger partial charge in [-0.05, 0) is 57.0 Å². The Morgan fingerprint density at radius 1 is 0.958 bits per heavy atom. The van der Waals surface area contributed by atoms with E-state index in [1.54, 1.807) is 28.9 Å². The summed E-state index contributed by atoms with van der Waals surface area (Å²) in [5.41, 5.74) is 7.50. The first-order valence-electron chi connectivity index (χ1n) is 21.6. The summed E-state index contributed by atoms with van der Waals surface area (Å²) in [5.74, 6) is -0.435. The molecule has 5 aromatic rings. The molecule has 33 heteroatoms. The lowest BCUT2D eigenvalue weighted by molar-refractivity contribution is -0.700. The summed E-state index contributed by atoms with van der Waals surface area (Å²) in [7, 11) is -21.8. The molecule has 0 radical (unpaired) electrons. The summed E-state index contributed by atoms with van der Waals surface area (Å²) < 4.78 is 101. The second kappa shape index (κ2) is 23.5. The number of amides is 2. The Morgan fingerprint density at radius 3 is 2.40 bits per heavy atom. The van der Waals surface area contributed by atoms with Gasteiger partial charge in [-0.15, -0.1) is 0 Å². The van der Waals surface area contributed by atoms with Crippen molar-refractivity contribution in [3.05, 3.63) is 76.9 Å². The normalized spacial score (nSPS) is 19.1. The number of hydrogen-bond acceptors (Lipinski definition) is 20. The zero-order valence-corrected chi connectivity index (χ0v) is 41.6. The average Bonchev–Trinajstić information content (AvgIpc) is 3.86. The molecule has 0 aliphatic carbocycles. The molecule has 0 bridgehead atoms. The van der Waals surface area contributed by atoms with Gasteiger partial charge in [0.15, 0.2) is 34.9 Å². The molecule has 10 N–H and O–H groups in total. The number of pyridine rings is 1. The van der Waals surface area contributed by atoms with Crippen LogP contribution in [0, 0.1) is 0 Å². The summed E-state index contributed by atoms with van der Waals surface area (Å²) in [6, 6.07) is 9.99. The molecular formula is C39H51N9O20P3S+. The summed E-state index contributed by atoms with van der Waals surface area (Å²) in [6.07, 6.45) is 0.204. The van der Waals surface area contributed by atoms with Crippen LogP contribution in [0.5, 0.6) is 0 Å². The van der Waals surface area contributed by atoms with E-state index in [1.807, 2.05) is 26.0 Å². The molecule has 6 atom stereocenters. The second-order valence-electron chi connectivity index (χ2n) is 15.7. The maximum Gasteiger partial charge on any atom is 0.490 e. The Kier molecular flexibility index (Phi) is 18.2. The number of phosphoric ester groups is 1. The maximum absolute atomic E-state index is 12.9. The first kappa shape index (κ1) is 55.8. The van der Waals surface area contributed by atoms with Crippen molar-refractivity contribution in [3.63, 3.8) is 0 Å². The first-order chi connectivity index (χ1) is 33.9. The van der Waals surface area contributed by atoms with Gasteiger partial charge in [0.05, 0.1) is 18.5 Å². The zero-order chi connectivity index (χ0) is 52.6. The molecule has 4 aromatic heterocycles. The van der Waals surface area contributed by atoms with Gasteiger partial charge >= 0.3 is 35.2 Å². The van der Waals surface area contributed by atoms with Crippen molar-refractivity contribution < 1.29 is 92.5 Å². The number of ether oxygens (including phenoxy) is 2. The van der Waals surface area contributed by atoms with E-state index in [2.05, 4.69) is 43.6 Å². The number of nitrogen functional groups attached to an aromatic ring is 1. The Hall–Kier alpha value is -5.55. The molecule has 2 unspecified atom stereocenters. The lowest BCUT2D eigenvalue weighted by Gasteiger charge is -2.22. The van der Waals surface area contributed by atoms with Crippen LogP contribution in [0.4, 0.5) is 16.3 Å². The minimum Gasteiger partial charge on any atom is -0.440 e. The predicted octanol–water partition coefficient (Wildman–Crippen LogP) is 2.14. The van der Waals surface area contributed by atoms with E-state index >= 15 is 0 Å². The number of benzene rings is 1. The van der Waals surface area contributed by atoms with Crippen LogP contribution in [0.25, 0.3) is 34.3 Å². The van der Waals surface area contributed by atoms with Crippen molar-refractivity contribution in [1.82, 2.24) is 30.2 Å². The van der Waals surface area contributed by atoms with E-state index in [0.717, 1.165) is 31.4 Å². The van der Waals surface area contributed by atoms with E-state index in [0.29, 0.717) is 35.9 Å². The minimum atomic E-state index is -5.90. The van der Waals surface area contributed by atoms with Gasteiger partial charge in [0.25, 0.3) is 10.1 Å². The lowest BCUT2D eigenvalue weighted by atomic mass is 10.1. The number of alkyl carbamates (subject to hydrolysis) is 1. The molecule has 72 heavy (non-hydrogen) atoms. The number of imidazole rings is 1. The van der Waals surface area contributed by atoms with Crippen LogP contribution in [0.2, 0.25) is 0 Å². The Balaban J connectivity index is 0.996. The largest absolute Gasteiger partial charge is 0.490 e. The molecule has 1 aliphatic heterocycles. The van der Waals surface area contributed by atoms with Crippen LogP contribution >= 0.6 is 23.5 Å². The third-order valence-electron chi connectivity index (χ3n) is 10.7. The van der Waals surface area contributed by atoms with Gasteiger partial charge in [0.2, 0.25) is 11.6 Å². The molecule has 2 amide bonds. The molecule has 29 nitrogen and oxygen atoms in total. The van der Waals surface area contributed by atoms with Crippen molar-refractivity contribution in [2.24, 2.45) is 0 Å². The number of nitrogens with one attached hydrogen (secondary N) is 2. The topological polar surface area (TPSA) is 418 Å². The van der Waals surface area contributed by atoms with Gasteiger partial charge in [-0.1, -0.05) is 0 Å². The van der Waals surface area contributed by atoms with Gasteiger partial charge in [0, 0.05) is 68.3 Å². The third kappa shape index (κ3) is 15.0. The number of aliphatic hydroxyl groups is 1. The summed E-state index contributed by atoms with van der Waals surface area (Å²) >= 11 is 0. The second-order valence-corrected chi connectivity index (χ2v) is 21.5. The fourth-order valence-electron chi connectivity index (χ4n) is 7.35. The highest BCUT2D eigenvalue weighted by Crippen LogP contribution is 2.66. The molecule has 1 aliphatic rings. The average molecular weight is 1090 g/mol. The van der Waals surface area contributed by atoms with E-state index in [9.17, 15) is 55.9 Å². The van der Waals surface area contributed by atoms with Crippen molar-refractivity contribution in [2.75, 3.05) is 43.4 Å². The number of nitrogens with two attached hydrogens (primary N) is 1. The number of rotatable bonds is 24. The fourth-order valence-corrected chi connectivity index (χ4v) is 10.9. The molecule has 6 rings (SSSR count). The van der Waals surface area contributed by atoms with Crippen LogP contribution in [0.1, 0.15) is 57.0 Å². The number of hydrogen-bond donors (Lipinski definition) is 9. The van der Waals surface area contributed by atoms with Crippen LogP contribution in [0.3, 0.4) is 0 Å². The molecule has 1 fully saturated rings. The van der Waals surface area contributed by atoms with E-state index < -0.39 is 76.5 Å². The number of carbonyl (C=O) groups excluding carboxylic acids is 2. The van der Waals surface area contributed by atoms with Crippen LogP contribution < -0.4 is 31.5 Å². The highest BCUT2D eigenvalue weighted by molar-refractivity contribution is 7.85. The van der Waals surface area contributed by atoms with Gasteiger partial charge < -0.3 is 59.8 Å². The quantitative estimate of drug-likeness (QED) is 0.0140. The number of aryl methyl sites for hydroxylation is 1. The lowest BCUT2D eigenvalue weighted by Crippen LogP contribution is -2.42. The number of carbonyl (C=O) groups is 2. The van der Waals surface area contributed by atoms with Gasteiger partial charge in [-0.25, -0.2) is 38.2 Å². The Morgan fingerprint density at radius 2 is 1.69 bits per heavy atom. The van der Waals surface area contributed by atoms with Gasteiger partial charge in [-0.2, -0.15) is 21.6 Å². The van der Waals surface area contributed by atoms with Gasteiger partial charge in [0.1, 0.15) is 36.2 Å². The molecule has 0 spiro atoms. The number of aromatic nitrogens is 5. The van der Waals surface area contributed by atoms with E-state index in [4.69, 9.17) is 29.4 Å². The van der Waals surface area contributed by atoms with Crippen molar-refractivity contribution in [3.8, 4) is 0 Å². The van der Waals surface area contributed by atoms with Crippen molar-refractivity contribution in [2.45, 2.75) is 75.5 Å². The summed E-state index contributed by atoms with van der Waals surface area (Å²) in [4.78, 5) is 89.3. The predicted molar refractivity (Wildman–Crippen MR) is 251 cm³/mol. The van der Waals surface area contributed by atoms with E-state index in [-0.39, 0.29) is 59.4 Å². The Labute approximate surface area is 408 Å². The zero-order valence-electron chi connectivity index (χ0n) is 38.1. The highest BCUT2D eigenvalue weighted by atomic mass is 32.2. The molecule has 1 saturated heterocycles. The van der Waals surface area contributed by atoms with Crippen molar-refractivity contribution >= 4 is 91.4 Å². The minimum absolute atomic E-state index is 0.0427. The third-order valence-corrected chi connectivity index (χ3v) is 15.3. The number of fused-ring (bicyclic) bond motifs is 2. The van der Waals surface area contributed by atoms with Crippen LogP contribution in [-0.2, 0) is 57.8 Å². The molecular weight excluding hydrogens is 1040 g/mol. The number of aliphatic hydroxyl groups excluding tert-OH is 1. The monoisotopic (exact) mass is 1090 g/mol. The van der Waals surface area contributed by atoms with Gasteiger partial charge in [-0.3, -0.25) is 18.4 Å².